The van der Waals surface area contributed by atoms with Crippen molar-refractivity contribution in [1.29, 1.82) is 5.26 Å². The lowest BCUT2D eigenvalue weighted by Gasteiger charge is -2.38. The van der Waals surface area contributed by atoms with E-state index in [1.54, 1.807) is 6.92 Å². The molecule has 2 aliphatic heterocycles. The molecule has 1 N–H and O–H groups in total. The number of amides is 1. The van der Waals surface area contributed by atoms with Gasteiger partial charge >= 0.3 is 0 Å². The number of rotatable bonds is 5. The van der Waals surface area contributed by atoms with Crippen LogP contribution in [0.4, 0.5) is 0 Å². The van der Waals surface area contributed by atoms with Crippen LogP contribution in [0, 0.1) is 17.2 Å². The maximum Gasteiger partial charge on any atom is 0.235 e. The van der Waals surface area contributed by atoms with E-state index >= 15 is 0 Å². The van der Waals surface area contributed by atoms with E-state index in [1.807, 2.05) is 13.8 Å². The Bertz CT molecular complexity index is 429. The van der Waals surface area contributed by atoms with E-state index in [-0.39, 0.29) is 30.7 Å². The van der Waals surface area contributed by atoms with Crippen LogP contribution < -0.4 is 5.32 Å². The predicted octanol–water partition coefficient (Wildman–Crippen LogP) is 1.27. The number of nitrogens with one attached hydrogen (secondary N) is 1. The van der Waals surface area contributed by atoms with Crippen molar-refractivity contribution in [3.8, 4) is 6.07 Å². The van der Waals surface area contributed by atoms with Crippen LogP contribution in [-0.4, -0.2) is 55.0 Å². The van der Waals surface area contributed by atoms with Gasteiger partial charge in [0.05, 0.1) is 31.9 Å². The van der Waals surface area contributed by atoms with Crippen LogP contribution in [0.3, 0.4) is 0 Å². The summed E-state index contributed by atoms with van der Waals surface area (Å²) in [4.78, 5) is 14.5. The molecule has 0 spiro atoms. The highest BCUT2D eigenvalue weighted by molar-refractivity contribution is 5.79. The molecule has 1 amide bonds. The van der Waals surface area contributed by atoms with E-state index in [1.165, 1.54) is 0 Å². The summed E-state index contributed by atoms with van der Waals surface area (Å²) < 4.78 is 11.2. The van der Waals surface area contributed by atoms with Gasteiger partial charge in [-0.15, -0.1) is 0 Å². The first-order valence-corrected chi connectivity index (χ1v) is 8.16. The minimum atomic E-state index is -0.831. The maximum atomic E-state index is 12.4. The Morgan fingerprint density at radius 2 is 2.09 bits per heavy atom. The van der Waals surface area contributed by atoms with E-state index in [0.717, 1.165) is 25.8 Å². The van der Waals surface area contributed by atoms with Gasteiger partial charge in [0, 0.05) is 0 Å². The van der Waals surface area contributed by atoms with Gasteiger partial charge in [0.2, 0.25) is 5.91 Å². The second-order valence-corrected chi connectivity index (χ2v) is 6.66. The molecule has 0 aromatic rings. The molecule has 0 bridgehead atoms. The standard InChI is InChI=1S/C16H27N3O3/c1-12(2)16(3,11-17)18-14(20)10-19-7-5-4-6-13(19)15-21-8-9-22-15/h12-13,15H,4-10H2,1-3H3,(H,18,20)/t13-,16-/m1/s1. The Balaban J connectivity index is 1.95. The molecular weight excluding hydrogens is 282 g/mol. The minimum Gasteiger partial charge on any atom is -0.349 e. The van der Waals surface area contributed by atoms with Crippen molar-refractivity contribution >= 4 is 5.91 Å². The van der Waals surface area contributed by atoms with Gasteiger partial charge in [-0.1, -0.05) is 20.3 Å². The van der Waals surface area contributed by atoms with Crippen LogP contribution in [0.15, 0.2) is 0 Å². The summed E-state index contributed by atoms with van der Waals surface area (Å²) >= 11 is 0. The third-order valence-corrected chi connectivity index (χ3v) is 4.76. The molecule has 6 heteroatoms. The predicted molar refractivity (Wildman–Crippen MR) is 81.9 cm³/mol. The fraction of sp³-hybridized carbons (Fsp3) is 0.875. The zero-order valence-electron chi connectivity index (χ0n) is 13.8. The van der Waals surface area contributed by atoms with Gasteiger partial charge in [-0.2, -0.15) is 5.26 Å². The number of nitriles is 1. The first-order valence-electron chi connectivity index (χ1n) is 8.16. The highest BCUT2D eigenvalue weighted by Gasteiger charge is 2.36. The number of hydrogen-bond donors (Lipinski definition) is 1. The van der Waals surface area contributed by atoms with Gasteiger partial charge in [-0.25, -0.2) is 0 Å². The van der Waals surface area contributed by atoms with Crippen molar-refractivity contribution in [2.24, 2.45) is 5.92 Å². The van der Waals surface area contributed by atoms with Crippen molar-refractivity contribution in [2.75, 3.05) is 26.3 Å². The largest absolute Gasteiger partial charge is 0.349 e. The van der Waals surface area contributed by atoms with Gasteiger partial charge in [0.25, 0.3) is 0 Å². The molecule has 124 valence electrons. The van der Waals surface area contributed by atoms with Gasteiger partial charge in [-0.05, 0) is 32.2 Å². The zero-order valence-corrected chi connectivity index (χ0v) is 13.8. The van der Waals surface area contributed by atoms with Crippen molar-refractivity contribution in [3.63, 3.8) is 0 Å². The van der Waals surface area contributed by atoms with Gasteiger partial charge in [0.15, 0.2) is 6.29 Å². The third kappa shape index (κ3) is 3.97. The minimum absolute atomic E-state index is 0.0556. The fourth-order valence-electron chi connectivity index (χ4n) is 2.94. The molecule has 2 heterocycles. The lowest BCUT2D eigenvalue weighted by molar-refractivity contribution is -0.132. The lowest BCUT2D eigenvalue weighted by atomic mass is 9.90. The van der Waals surface area contributed by atoms with Crippen LogP contribution in [-0.2, 0) is 14.3 Å². The smallest absolute Gasteiger partial charge is 0.235 e. The topological polar surface area (TPSA) is 74.6 Å². The van der Waals surface area contributed by atoms with Gasteiger partial charge in [-0.3, -0.25) is 9.69 Å². The van der Waals surface area contributed by atoms with E-state index in [2.05, 4.69) is 16.3 Å². The summed E-state index contributed by atoms with van der Waals surface area (Å²) in [6.07, 6.45) is 2.97. The third-order valence-electron chi connectivity index (χ3n) is 4.76. The average Bonchev–Trinajstić information content (AvgIpc) is 3.01. The zero-order chi connectivity index (χ0) is 16.2. The Hall–Kier alpha value is -1.16. The van der Waals surface area contributed by atoms with Crippen LogP contribution in [0.2, 0.25) is 0 Å². The molecule has 0 saturated carbocycles. The SMILES string of the molecule is CC(C)[C@@](C)(C#N)NC(=O)CN1CCCC[C@@H]1C1OCCO1. The molecule has 2 rings (SSSR count). The quantitative estimate of drug-likeness (QED) is 0.828. The molecule has 0 radical (unpaired) electrons. The van der Waals surface area contributed by atoms with Crippen molar-refractivity contribution < 1.29 is 14.3 Å². The summed E-state index contributed by atoms with van der Waals surface area (Å²) in [6.45, 7) is 8.06. The van der Waals surface area contributed by atoms with Crippen molar-refractivity contribution in [2.45, 2.75) is 57.9 Å². The average molecular weight is 309 g/mol. The molecule has 2 fully saturated rings. The first-order chi connectivity index (χ1) is 10.5. The molecule has 0 aliphatic carbocycles. The van der Waals surface area contributed by atoms with Crippen molar-refractivity contribution in [3.05, 3.63) is 0 Å². The van der Waals surface area contributed by atoms with Crippen LogP contribution >= 0.6 is 0 Å². The number of hydrogen-bond acceptors (Lipinski definition) is 5. The normalized spacial score (nSPS) is 26.6. The maximum absolute atomic E-state index is 12.4. The Labute approximate surface area is 132 Å². The number of carbonyl (C=O) groups excluding carboxylic acids is 1. The highest BCUT2D eigenvalue weighted by Crippen LogP contribution is 2.24. The molecule has 2 saturated heterocycles. The molecule has 0 aromatic carbocycles. The molecule has 6 nitrogen and oxygen atoms in total. The Morgan fingerprint density at radius 1 is 1.41 bits per heavy atom. The summed E-state index contributed by atoms with van der Waals surface area (Å²) in [5.41, 5.74) is -0.831. The summed E-state index contributed by atoms with van der Waals surface area (Å²) in [5.74, 6) is -0.0530. The number of likely N-dealkylation sites (tertiary alicyclic amines) is 1. The number of nitrogens with zero attached hydrogens (tertiary/aromatic N) is 2. The molecule has 2 aliphatic rings. The second kappa shape index (κ2) is 7.40. The second-order valence-electron chi connectivity index (χ2n) is 6.66. The van der Waals surface area contributed by atoms with Crippen molar-refractivity contribution in [1.82, 2.24) is 10.2 Å². The van der Waals surface area contributed by atoms with E-state index in [9.17, 15) is 10.1 Å². The van der Waals surface area contributed by atoms with E-state index in [4.69, 9.17) is 9.47 Å². The Kier molecular flexibility index (Phi) is 5.79. The van der Waals surface area contributed by atoms with Crippen LogP contribution in [0.5, 0.6) is 0 Å². The van der Waals surface area contributed by atoms with Gasteiger partial charge < -0.3 is 14.8 Å². The summed E-state index contributed by atoms with van der Waals surface area (Å²) in [6, 6.07) is 2.35. The summed E-state index contributed by atoms with van der Waals surface area (Å²) in [7, 11) is 0. The first kappa shape index (κ1) is 17.2. The number of carbonyl (C=O) groups is 1. The highest BCUT2D eigenvalue weighted by atomic mass is 16.7. The Morgan fingerprint density at radius 3 is 2.68 bits per heavy atom. The van der Waals surface area contributed by atoms with Gasteiger partial charge in [0.1, 0.15) is 5.54 Å². The van der Waals surface area contributed by atoms with Crippen LogP contribution in [0.25, 0.3) is 0 Å². The number of piperidine rings is 1. The summed E-state index contributed by atoms with van der Waals surface area (Å²) in [5, 5.41) is 12.2. The van der Waals surface area contributed by atoms with Crippen LogP contribution in [0.1, 0.15) is 40.0 Å². The molecular formula is C16H27N3O3. The fourth-order valence-corrected chi connectivity index (χ4v) is 2.94. The van der Waals surface area contributed by atoms with E-state index in [0.29, 0.717) is 13.2 Å². The number of ether oxygens (including phenoxy) is 2. The van der Waals surface area contributed by atoms with E-state index < -0.39 is 5.54 Å². The molecule has 0 aromatic heterocycles. The lowest BCUT2D eigenvalue weighted by Crippen LogP contribution is -2.55. The monoisotopic (exact) mass is 309 g/mol. The molecule has 2 atom stereocenters. The molecule has 0 unspecified atom stereocenters. The molecule has 22 heavy (non-hydrogen) atoms.